The van der Waals surface area contributed by atoms with Crippen LogP contribution in [-0.2, 0) is 4.79 Å². The lowest BCUT2D eigenvalue weighted by Crippen LogP contribution is -2.40. The molecule has 4 rings (SSSR count). The normalized spacial score (nSPS) is 28.2. The summed E-state index contributed by atoms with van der Waals surface area (Å²) >= 11 is 5.87. The monoisotopic (exact) mass is 328 g/mol. The van der Waals surface area contributed by atoms with E-state index in [-0.39, 0.29) is 30.1 Å². The standard InChI is InChI=1S/C14H15ClF2N4O/c15-12-18-6-9-10(20-12)21(8-1-2-14(16,17)5-8)7-13(3-4-13)11(22)19-9/h6,8H,1-5,7H2,(H,19,22)/t8-/m1/s1. The van der Waals surface area contributed by atoms with Gasteiger partial charge in [-0.25, -0.2) is 13.8 Å². The van der Waals surface area contributed by atoms with E-state index in [0.29, 0.717) is 24.5 Å². The molecule has 22 heavy (non-hydrogen) atoms. The summed E-state index contributed by atoms with van der Waals surface area (Å²) in [7, 11) is 0. The van der Waals surface area contributed by atoms with E-state index >= 15 is 0 Å². The van der Waals surface area contributed by atoms with Gasteiger partial charge in [0.15, 0.2) is 5.82 Å². The molecule has 1 aliphatic heterocycles. The Morgan fingerprint density at radius 1 is 1.36 bits per heavy atom. The van der Waals surface area contributed by atoms with Crippen LogP contribution in [0.5, 0.6) is 0 Å². The Morgan fingerprint density at radius 3 is 2.77 bits per heavy atom. The van der Waals surface area contributed by atoms with E-state index in [1.807, 2.05) is 4.90 Å². The molecular weight excluding hydrogens is 314 g/mol. The number of hydrogen-bond donors (Lipinski definition) is 1. The second kappa shape index (κ2) is 4.50. The van der Waals surface area contributed by atoms with Crippen LogP contribution in [0, 0.1) is 5.41 Å². The molecule has 0 bridgehead atoms. The Bertz CT molecular complexity index is 650. The van der Waals surface area contributed by atoms with Crippen LogP contribution in [0.25, 0.3) is 0 Å². The molecule has 1 N–H and O–H groups in total. The van der Waals surface area contributed by atoms with E-state index in [1.165, 1.54) is 6.20 Å². The first kappa shape index (κ1) is 14.1. The molecule has 2 aliphatic carbocycles. The third-order valence-electron chi connectivity index (χ3n) is 4.89. The maximum Gasteiger partial charge on any atom is 0.250 e. The fourth-order valence-electron chi connectivity index (χ4n) is 3.42. The predicted molar refractivity (Wildman–Crippen MR) is 77.3 cm³/mol. The molecule has 2 fully saturated rings. The number of alkyl halides is 2. The largest absolute Gasteiger partial charge is 0.350 e. The summed E-state index contributed by atoms with van der Waals surface area (Å²) in [5, 5.41) is 2.88. The van der Waals surface area contributed by atoms with Crippen molar-refractivity contribution in [3.05, 3.63) is 11.5 Å². The second-order valence-corrected chi connectivity index (χ2v) is 6.83. The van der Waals surface area contributed by atoms with Crippen molar-refractivity contribution in [1.29, 1.82) is 0 Å². The number of carbonyl (C=O) groups excluding carboxylic acids is 1. The van der Waals surface area contributed by atoms with Gasteiger partial charge in [-0.2, -0.15) is 4.98 Å². The van der Waals surface area contributed by atoms with Crippen LogP contribution < -0.4 is 10.2 Å². The lowest BCUT2D eigenvalue weighted by molar-refractivity contribution is -0.120. The number of anilines is 2. The van der Waals surface area contributed by atoms with Gasteiger partial charge in [-0.1, -0.05) is 0 Å². The molecule has 1 aromatic heterocycles. The summed E-state index contributed by atoms with van der Waals surface area (Å²) < 4.78 is 27.2. The van der Waals surface area contributed by atoms with Crippen molar-refractivity contribution in [1.82, 2.24) is 9.97 Å². The fourth-order valence-corrected chi connectivity index (χ4v) is 3.55. The molecule has 1 spiro atoms. The molecule has 0 radical (unpaired) electrons. The maximum atomic E-state index is 13.6. The van der Waals surface area contributed by atoms with Crippen molar-refractivity contribution < 1.29 is 13.6 Å². The minimum Gasteiger partial charge on any atom is -0.350 e. The van der Waals surface area contributed by atoms with Crippen LogP contribution >= 0.6 is 11.6 Å². The Kier molecular flexibility index (Phi) is 2.89. The van der Waals surface area contributed by atoms with Gasteiger partial charge in [-0.3, -0.25) is 4.79 Å². The number of aromatic nitrogens is 2. The van der Waals surface area contributed by atoms with Crippen LogP contribution in [0.2, 0.25) is 5.28 Å². The van der Waals surface area contributed by atoms with E-state index < -0.39 is 11.3 Å². The second-order valence-electron chi connectivity index (χ2n) is 6.49. The average Bonchev–Trinajstić information content (AvgIpc) is 3.17. The van der Waals surface area contributed by atoms with Gasteiger partial charge >= 0.3 is 0 Å². The molecule has 5 nitrogen and oxygen atoms in total. The summed E-state index contributed by atoms with van der Waals surface area (Å²) in [4.78, 5) is 22.3. The van der Waals surface area contributed by atoms with Crippen LogP contribution in [0.15, 0.2) is 6.20 Å². The smallest absolute Gasteiger partial charge is 0.250 e. The molecular formula is C14H15ClF2N4O. The van der Waals surface area contributed by atoms with Gasteiger partial charge in [0.1, 0.15) is 5.69 Å². The van der Waals surface area contributed by atoms with Crippen LogP contribution in [0.1, 0.15) is 32.1 Å². The molecule has 118 valence electrons. The molecule has 0 aromatic carbocycles. The molecule has 2 saturated carbocycles. The zero-order chi connectivity index (χ0) is 15.5. The number of nitrogens with zero attached hydrogens (tertiary/aromatic N) is 3. The average molecular weight is 329 g/mol. The molecule has 2 heterocycles. The topological polar surface area (TPSA) is 58.1 Å². The number of nitrogens with one attached hydrogen (secondary N) is 1. The summed E-state index contributed by atoms with van der Waals surface area (Å²) in [5.74, 6) is -2.27. The quantitative estimate of drug-likeness (QED) is 0.805. The summed E-state index contributed by atoms with van der Waals surface area (Å²) in [6.45, 7) is 0.417. The van der Waals surface area contributed by atoms with Gasteiger partial charge in [0, 0.05) is 25.4 Å². The molecule has 1 amide bonds. The van der Waals surface area contributed by atoms with Crippen LogP contribution in [0.3, 0.4) is 0 Å². The van der Waals surface area contributed by atoms with Crippen molar-refractivity contribution >= 4 is 29.0 Å². The molecule has 8 heteroatoms. The molecule has 1 aromatic rings. The highest BCUT2D eigenvalue weighted by Crippen LogP contribution is 2.52. The lowest BCUT2D eigenvalue weighted by Gasteiger charge is -2.31. The van der Waals surface area contributed by atoms with E-state index in [2.05, 4.69) is 15.3 Å². The van der Waals surface area contributed by atoms with E-state index in [9.17, 15) is 13.6 Å². The van der Waals surface area contributed by atoms with Crippen molar-refractivity contribution in [2.45, 2.75) is 44.1 Å². The molecule has 1 atom stereocenters. The highest BCUT2D eigenvalue weighted by atomic mass is 35.5. The van der Waals surface area contributed by atoms with Gasteiger partial charge in [-0.05, 0) is 30.9 Å². The number of amides is 1. The molecule has 0 unspecified atom stereocenters. The Morgan fingerprint density at radius 2 is 2.14 bits per heavy atom. The van der Waals surface area contributed by atoms with Gasteiger partial charge in [0.25, 0.3) is 0 Å². The summed E-state index contributed by atoms with van der Waals surface area (Å²) in [6, 6.07) is -0.329. The zero-order valence-corrected chi connectivity index (χ0v) is 12.5. The first-order chi connectivity index (χ1) is 10.4. The van der Waals surface area contributed by atoms with Crippen LogP contribution in [0.4, 0.5) is 20.3 Å². The number of hydrogen-bond acceptors (Lipinski definition) is 4. The third kappa shape index (κ3) is 2.22. The SMILES string of the molecule is O=C1Nc2cnc(Cl)nc2N([C@@H]2CCC(F)(F)C2)CC12CC2. The molecule has 0 saturated heterocycles. The first-order valence-electron chi connectivity index (χ1n) is 7.37. The van der Waals surface area contributed by atoms with Crippen molar-refractivity contribution in [3.8, 4) is 0 Å². The maximum absolute atomic E-state index is 13.6. The van der Waals surface area contributed by atoms with Gasteiger partial charge in [-0.15, -0.1) is 0 Å². The van der Waals surface area contributed by atoms with Gasteiger partial charge in [0.05, 0.1) is 11.6 Å². The lowest BCUT2D eigenvalue weighted by atomic mass is 10.0. The Labute approximate surface area is 131 Å². The Balaban J connectivity index is 1.75. The number of carbonyl (C=O) groups is 1. The van der Waals surface area contributed by atoms with E-state index in [4.69, 9.17) is 11.6 Å². The van der Waals surface area contributed by atoms with E-state index in [1.54, 1.807) is 0 Å². The van der Waals surface area contributed by atoms with Crippen molar-refractivity contribution in [2.24, 2.45) is 5.41 Å². The number of rotatable bonds is 1. The highest BCUT2D eigenvalue weighted by molar-refractivity contribution is 6.28. The van der Waals surface area contributed by atoms with E-state index in [0.717, 1.165) is 12.8 Å². The third-order valence-corrected chi connectivity index (χ3v) is 5.07. The summed E-state index contributed by atoms with van der Waals surface area (Å²) in [5.41, 5.74) is -0.0289. The molecule has 3 aliphatic rings. The number of fused-ring (bicyclic) bond motifs is 1. The van der Waals surface area contributed by atoms with Crippen molar-refractivity contribution in [2.75, 3.05) is 16.8 Å². The van der Waals surface area contributed by atoms with Crippen molar-refractivity contribution in [3.63, 3.8) is 0 Å². The predicted octanol–water partition coefficient (Wildman–Crippen LogP) is 2.86. The summed E-state index contributed by atoms with van der Waals surface area (Å²) in [6.07, 6.45) is 3.04. The Hall–Kier alpha value is -1.50. The zero-order valence-electron chi connectivity index (χ0n) is 11.8. The fraction of sp³-hybridized carbons (Fsp3) is 0.643. The van der Waals surface area contributed by atoms with Crippen LogP contribution in [-0.4, -0.2) is 34.4 Å². The minimum atomic E-state index is -2.65. The van der Waals surface area contributed by atoms with Gasteiger partial charge < -0.3 is 10.2 Å². The first-order valence-corrected chi connectivity index (χ1v) is 7.75. The minimum absolute atomic E-state index is 0.0505. The van der Waals surface area contributed by atoms with Gasteiger partial charge in [0.2, 0.25) is 17.1 Å². The number of halogens is 3. The highest BCUT2D eigenvalue weighted by Gasteiger charge is 2.55.